The molecule has 3 heteroatoms. The van der Waals surface area contributed by atoms with Crippen molar-refractivity contribution < 1.29 is 4.79 Å². The summed E-state index contributed by atoms with van der Waals surface area (Å²) in [4.78, 5) is 13.8. The summed E-state index contributed by atoms with van der Waals surface area (Å²) in [5, 5.41) is 0.0119. The fraction of sp³-hybridized carbons (Fsp3) is 0.500. The van der Waals surface area contributed by atoms with Gasteiger partial charge in [0.2, 0.25) is 5.91 Å². The van der Waals surface area contributed by atoms with E-state index in [2.05, 4.69) is 12.1 Å². The molecular formula is C14H18ClNO. The van der Waals surface area contributed by atoms with Crippen molar-refractivity contribution in [3.05, 3.63) is 35.9 Å². The maximum atomic E-state index is 12.1. The van der Waals surface area contributed by atoms with Crippen LogP contribution in [0.1, 0.15) is 24.8 Å². The number of amides is 1. The van der Waals surface area contributed by atoms with Gasteiger partial charge in [-0.1, -0.05) is 30.3 Å². The van der Waals surface area contributed by atoms with Crippen LogP contribution in [0, 0.1) is 5.92 Å². The second-order valence-electron chi connectivity index (χ2n) is 4.86. The topological polar surface area (TPSA) is 20.3 Å². The minimum Gasteiger partial charge on any atom is -0.344 e. The molecule has 2 rings (SSSR count). The Balaban J connectivity index is 1.92. The predicted octanol–water partition coefficient (Wildman–Crippen LogP) is 2.88. The summed E-state index contributed by atoms with van der Waals surface area (Å²) >= 11 is 5.90. The lowest BCUT2D eigenvalue weighted by Crippen LogP contribution is -2.32. The van der Waals surface area contributed by atoms with Crippen LogP contribution >= 0.6 is 11.6 Å². The van der Waals surface area contributed by atoms with Crippen LogP contribution in [0.4, 0.5) is 0 Å². The van der Waals surface area contributed by atoms with Crippen LogP contribution in [0.15, 0.2) is 30.3 Å². The smallest absolute Gasteiger partial charge is 0.226 e. The van der Waals surface area contributed by atoms with Gasteiger partial charge in [0, 0.05) is 24.9 Å². The average Bonchev–Trinajstić information content (AvgIpc) is 3.08. The van der Waals surface area contributed by atoms with E-state index in [0.29, 0.717) is 12.5 Å². The maximum absolute atomic E-state index is 12.1. The zero-order valence-corrected chi connectivity index (χ0v) is 11.0. The van der Waals surface area contributed by atoms with Crippen LogP contribution in [-0.2, 0) is 4.79 Å². The van der Waals surface area contributed by atoms with E-state index in [1.165, 1.54) is 5.56 Å². The molecule has 3 atom stereocenters. The Morgan fingerprint density at radius 3 is 2.71 bits per heavy atom. The van der Waals surface area contributed by atoms with E-state index in [-0.39, 0.29) is 17.2 Å². The molecule has 0 saturated heterocycles. The number of carbonyl (C=O) groups is 1. The highest BCUT2D eigenvalue weighted by molar-refractivity contribution is 6.20. The van der Waals surface area contributed by atoms with Crippen molar-refractivity contribution in [2.45, 2.75) is 24.6 Å². The number of halogens is 1. The summed E-state index contributed by atoms with van der Waals surface area (Å²) < 4.78 is 0. The summed E-state index contributed by atoms with van der Waals surface area (Å²) in [6.07, 6.45) is 0.976. The third-order valence-electron chi connectivity index (χ3n) is 3.24. The van der Waals surface area contributed by atoms with E-state index in [4.69, 9.17) is 11.6 Å². The third kappa shape index (κ3) is 3.01. The molecule has 1 amide bonds. The van der Waals surface area contributed by atoms with Gasteiger partial charge in [-0.15, -0.1) is 11.6 Å². The van der Waals surface area contributed by atoms with Crippen molar-refractivity contribution in [2.24, 2.45) is 5.92 Å². The van der Waals surface area contributed by atoms with Crippen LogP contribution in [-0.4, -0.2) is 29.8 Å². The van der Waals surface area contributed by atoms with E-state index in [0.717, 1.165) is 6.42 Å². The monoisotopic (exact) mass is 251 g/mol. The number of alkyl halides is 1. The normalized spacial score (nSPS) is 24.2. The molecule has 0 spiro atoms. The minimum absolute atomic E-state index is 0.0119. The van der Waals surface area contributed by atoms with Crippen molar-refractivity contribution in [1.29, 1.82) is 0 Å². The van der Waals surface area contributed by atoms with Gasteiger partial charge in [0.1, 0.15) is 0 Å². The quantitative estimate of drug-likeness (QED) is 0.754. The van der Waals surface area contributed by atoms with E-state index in [1.807, 2.05) is 32.2 Å². The Labute approximate surface area is 108 Å². The maximum Gasteiger partial charge on any atom is 0.226 e. The van der Waals surface area contributed by atoms with E-state index < -0.39 is 0 Å². The molecule has 3 unspecified atom stereocenters. The number of carbonyl (C=O) groups excluding carboxylic acids is 1. The lowest BCUT2D eigenvalue weighted by molar-refractivity contribution is -0.131. The van der Waals surface area contributed by atoms with Crippen LogP contribution in [0.2, 0.25) is 0 Å². The molecule has 1 aromatic carbocycles. The zero-order chi connectivity index (χ0) is 12.4. The molecule has 1 aliphatic rings. The Bertz CT molecular complexity index is 390. The summed E-state index contributed by atoms with van der Waals surface area (Å²) in [7, 11) is 1.83. The van der Waals surface area contributed by atoms with E-state index >= 15 is 0 Å². The van der Waals surface area contributed by atoms with E-state index in [1.54, 1.807) is 4.90 Å². The number of rotatable bonds is 4. The Hall–Kier alpha value is -1.02. The second-order valence-corrected chi connectivity index (χ2v) is 5.60. The molecule has 1 aromatic rings. The van der Waals surface area contributed by atoms with Crippen molar-refractivity contribution in [1.82, 2.24) is 4.90 Å². The fourth-order valence-electron chi connectivity index (χ4n) is 2.29. The van der Waals surface area contributed by atoms with Crippen LogP contribution in [0.3, 0.4) is 0 Å². The van der Waals surface area contributed by atoms with Crippen LogP contribution < -0.4 is 0 Å². The van der Waals surface area contributed by atoms with Gasteiger partial charge in [0.25, 0.3) is 0 Å². The van der Waals surface area contributed by atoms with E-state index in [9.17, 15) is 4.79 Å². The van der Waals surface area contributed by atoms with Gasteiger partial charge in [-0.2, -0.15) is 0 Å². The molecule has 2 nitrogen and oxygen atoms in total. The molecule has 0 aromatic heterocycles. The van der Waals surface area contributed by atoms with Gasteiger partial charge in [-0.25, -0.2) is 0 Å². The molecule has 0 aliphatic heterocycles. The first-order chi connectivity index (χ1) is 8.09. The van der Waals surface area contributed by atoms with Crippen LogP contribution in [0.25, 0.3) is 0 Å². The molecule has 0 heterocycles. The van der Waals surface area contributed by atoms with Gasteiger partial charge in [0.15, 0.2) is 0 Å². The highest BCUT2D eigenvalue weighted by atomic mass is 35.5. The number of nitrogens with zero attached hydrogens (tertiary/aromatic N) is 1. The molecule has 0 radical (unpaired) electrons. The average molecular weight is 252 g/mol. The lowest BCUT2D eigenvalue weighted by atomic mass is 10.1. The molecular weight excluding hydrogens is 234 g/mol. The summed E-state index contributed by atoms with van der Waals surface area (Å²) in [5.41, 5.74) is 1.28. The largest absolute Gasteiger partial charge is 0.344 e. The lowest BCUT2D eigenvalue weighted by Gasteiger charge is -2.18. The first-order valence-electron chi connectivity index (χ1n) is 6.03. The minimum atomic E-state index is 0.0119. The Morgan fingerprint density at radius 2 is 2.12 bits per heavy atom. The number of hydrogen-bond donors (Lipinski definition) is 0. The number of benzene rings is 1. The molecule has 92 valence electrons. The molecule has 17 heavy (non-hydrogen) atoms. The summed E-state index contributed by atoms with van der Waals surface area (Å²) in [5.74, 6) is 0.806. The van der Waals surface area contributed by atoms with Gasteiger partial charge in [-0.05, 0) is 24.8 Å². The van der Waals surface area contributed by atoms with Crippen molar-refractivity contribution >= 4 is 17.5 Å². The molecule has 0 bridgehead atoms. The van der Waals surface area contributed by atoms with Crippen LogP contribution in [0.5, 0.6) is 0 Å². The Morgan fingerprint density at radius 1 is 1.47 bits per heavy atom. The molecule has 1 aliphatic carbocycles. The first kappa shape index (κ1) is 12.4. The molecule has 1 saturated carbocycles. The highest BCUT2D eigenvalue weighted by Gasteiger charge is 2.45. The Kier molecular flexibility index (Phi) is 3.72. The van der Waals surface area contributed by atoms with Gasteiger partial charge < -0.3 is 4.90 Å². The van der Waals surface area contributed by atoms with Crippen molar-refractivity contribution in [2.75, 3.05) is 13.6 Å². The fourth-order valence-corrected chi connectivity index (χ4v) is 2.49. The van der Waals surface area contributed by atoms with Gasteiger partial charge >= 0.3 is 0 Å². The SMILES string of the molecule is CC(Cl)CN(C)C(=O)C1CC1c1ccccc1. The van der Waals surface area contributed by atoms with Crippen molar-refractivity contribution in [3.63, 3.8) is 0 Å². The van der Waals surface area contributed by atoms with Crippen molar-refractivity contribution in [3.8, 4) is 0 Å². The number of hydrogen-bond acceptors (Lipinski definition) is 1. The van der Waals surface area contributed by atoms with Gasteiger partial charge in [0.05, 0.1) is 0 Å². The standard InChI is InChI=1S/C14H18ClNO/c1-10(15)9-16(2)14(17)13-8-12(13)11-6-4-3-5-7-11/h3-7,10,12-13H,8-9H2,1-2H3. The zero-order valence-electron chi connectivity index (χ0n) is 10.3. The molecule has 0 N–H and O–H groups in total. The first-order valence-corrected chi connectivity index (χ1v) is 6.47. The summed E-state index contributed by atoms with van der Waals surface area (Å²) in [6.45, 7) is 2.53. The molecule has 1 fully saturated rings. The summed E-state index contributed by atoms with van der Waals surface area (Å²) in [6, 6.07) is 10.3. The second kappa shape index (κ2) is 5.09. The third-order valence-corrected chi connectivity index (χ3v) is 3.38. The van der Waals surface area contributed by atoms with Gasteiger partial charge in [-0.3, -0.25) is 4.79 Å². The predicted molar refractivity (Wildman–Crippen MR) is 70.2 cm³/mol. The highest BCUT2D eigenvalue weighted by Crippen LogP contribution is 2.48.